The van der Waals surface area contributed by atoms with Crippen LogP contribution in [0.5, 0.6) is 0 Å². The highest BCUT2D eigenvalue weighted by atomic mass is 16.4. The van der Waals surface area contributed by atoms with Crippen LogP contribution in [0, 0.1) is 0 Å². The zero-order valence-electron chi connectivity index (χ0n) is 12.2. The summed E-state index contributed by atoms with van der Waals surface area (Å²) in [7, 11) is 0. The van der Waals surface area contributed by atoms with Gasteiger partial charge < -0.3 is 26.0 Å². The molecule has 1 atom stereocenters. The minimum Gasteiger partial charge on any atom is -0.480 e. The third-order valence-corrected chi connectivity index (χ3v) is 3.33. The fourth-order valence-corrected chi connectivity index (χ4v) is 2.19. The van der Waals surface area contributed by atoms with Crippen LogP contribution in [-0.2, 0) is 4.79 Å². The molecule has 1 saturated heterocycles. The normalized spacial score (nSPS) is 17.4. The molecule has 0 aliphatic carbocycles. The van der Waals surface area contributed by atoms with Crippen LogP contribution in [0.3, 0.4) is 0 Å². The van der Waals surface area contributed by atoms with Gasteiger partial charge in [-0.25, -0.2) is 9.59 Å². The van der Waals surface area contributed by atoms with Gasteiger partial charge >= 0.3 is 12.0 Å². The van der Waals surface area contributed by atoms with E-state index in [1.54, 1.807) is 0 Å². The van der Waals surface area contributed by atoms with Crippen molar-refractivity contribution in [2.24, 2.45) is 0 Å². The van der Waals surface area contributed by atoms with Crippen molar-refractivity contribution >= 4 is 12.0 Å². The summed E-state index contributed by atoms with van der Waals surface area (Å²) in [6, 6.07) is -1.20. The van der Waals surface area contributed by atoms with Crippen molar-refractivity contribution in [3.05, 3.63) is 0 Å². The second kappa shape index (κ2) is 9.55. The van der Waals surface area contributed by atoms with Crippen LogP contribution >= 0.6 is 0 Å². The molecule has 2 amide bonds. The number of carboxylic acids is 1. The van der Waals surface area contributed by atoms with Crippen molar-refractivity contribution in [3.8, 4) is 0 Å². The highest BCUT2D eigenvalue weighted by Crippen LogP contribution is 1.97. The number of rotatable bonds is 8. The molecule has 0 bridgehead atoms. The number of hydrogen-bond acceptors (Lipinski definition) is 4. The molecule has 1 rings (SSSR count). The van der Waals surface area contributed by atoms with Gasteiger partial charge in [0, 0.05) is 32.7 Å². The zero-order chi connectivity index (χ0) is 14.8. The second-order valence-electron chi connectivity index (χ2n) is 5.02. The van der Waals surface area contributed by atoms with Gasteiger partial charge in [-0.1, -0.05) is 13.3 Å². The maximum Gasteiger partial charge on any atom is 0.326 e. The predicted octanol–water partition coefficient (Wildman–Crippen LogP) is -0.166. The molecular formula is C13H26N4O3. The number of nitrogens with one attached hydrogen (secondary N) is 3. The van der Waals surface area contributed by atoms with E-state index in [9.17, 15) is 9.59 Å². The molecule has 1 aliphatic heterocycles. The molecule has 0 radical (unpaired) electrons. The quantitative estimate of drug-likeness (QED) is 0.465. The Labute approximate surface area is 120 Å². The minimum absolute atomic E-state index is 0.397. The van der Waals surface area contributed by atoms with E-state index >= 15 is 0 Å². The molecule has 1 heterocycles. The standard InChI is InChI=1S/C13H26N4O3/c1-2-4-11(12(18)19)16-13(20)15-5-3-8-17-9-6-14-7-10-17/h11,14H,2-10H2,1H3,(H,18,19)(H2,15,16,20). The van der Waals surface area contributed by atoms with E-state index in [-0.39, 0.29) is 0 Å². The summed E-state index contributed by atoms with van der Waals surface area (Å²) >= 11 is 0. The largest absolute Gasteiger partial charge is 0.480 e. The van der Waals surface area contributed by atoms with Crippen LogP contribution < -0.4 is 16.0 Å². The Morgan fingerprint density at radius 2 is 2.05 bits per heavy atom. The van der Waals surface area contributed by atoms with E-state index in [1.807, 2.05) is 6.92 Å². The molecule has 4 N–H and O–H groups in total. The van der Waals surface area contributed by atoms with Gasteiger partial charge in [0.25, 0.3) is 0 Å². The molecule has 20 heavy (non-hydrogen) atoms. The SMILES string of the molecule is CCCC(NC(=O)NCCCN1CCNCC1)C(=O)O. The molecule has 7 nitrogen and oxygen atoms in total. The lowest BCUT2D eigenvalue weighted by Gasteiger charge is -2.27. The molecule has 0 aromatic rings. The van der Waals surface area contributed by atoms with E-state index in [1.165, 1.54) is 0 Å². The summed E-state index contributed by atoms with van der Waals surface area (Å²) in [5, 5.41) is 17.4. The fraction of sp³-hybridized carbons (Fsp3) is 0.846. The number of aliphatic carboxylic acids is 1. The average molecular weight is 286 g/mol. The van der Waals surface area contributed by atoms with Gasteiger partial charge in [0.05, 0.1) is 0 Å². The number of urea groups is 1. The van der Waals surface area contributed by atoms with Gasteiger partial charge in [-0.05, 0) is 19.4 Å². The Balaban J connectivity index is 2.10. The monoisotopic (exact) mass is 286 g/mol. The van der Waals surface area contributed by atoms with Gasteiger partial charge in [0.15, 0.2) is 0 Å². The minimum atomic E-state index is -0.984. The molecule has 0 aromatic carbocycles. The molecular weight excluding hydrogens is 260 g/mol. The van der Waals surface area contributed by atoms with Crippen molar-refractivity contribution in [2.45, 2.75) is 32.2 Å². The van der Waals surface area contributed by atoms with E-state index in [4.69, 9.17) is 5.11 Å². The van der Waals surface area contributed by atoms with Crippen LogP contribution in [-0.4, -0.2) is 67.3 Å². The maximum absolute atomic E-state index is 11.6. The van der Waals surface area contributed by atoms with Gasteiger partial charge in [0.1, 0.15) is 6.04 Å². The molecule has 116 valence electrons. The summed E-state index contributed by atoms with van der Waals surface area (Å²) in [5.41, 5.74) is 0. The highest BCUT2D eigenvalue weighted by Gasteiger charge is 2.18. The Bertz CT molecular complexity index is 306. The summed E-state index contributed by atoms with van der Waals surface area (Å²) in [6.07, 6.45) is 2.04. The van der Waals surface area contributed by atoms with Crippen molar-refractivity contribution in [3.63, 3.8) is 0 Å². The van der Waals surface area contributed by atoms with E-state index in [2.05, 4.69) is 20.9 Å². The van der Waals surface area contributed by atoms with E-state index < -0.39 is 18.0 Å². The van der Waals surface area contributed by atoms with Crippen LogP contribution in [0.1, 0.15) is 26.2 Å². The second-order valence-corrected chi connectivity index (χ2v) is 5.02. The van der Waals surface area contributed by atoms with Gasteiger partial charge in [0.2, 0.25) is 0 Å². The summed E-state index contributed by atoms with van der Waals surface area (Å²) in [4.78, 5) is 24.8. The molecule has 0 aromatic heterocycles. The molecule has 0 spiro atoms. The molecule has 1 fully saturated rings. The van der Waals surface area contributed by atoms with Crippen LogP contribution in [0.15, 0.2) is 0 Å². The van der Waals surface area contributed by atoms with Crippen molar-refractivity contribution < 1.29 is 14.7 Å². The molecule has 0 saturated carbocycles. The first kappa shape index (κ1) is 16.7. The Morgan fingerprint density at radius 1 is 1.35 bits per heavy atom. The van der Waals surface area contributed by atoms with Crippen LogP contribution in [0.4, 0.5) is 4.79 Å². The van der Waals surface area contributed by atoms with Crippen LogP contribution in [0.2, 0.25) is 0 Å². The van der Waals surface area contributed by atoms with Crippen LogP contribution in [0.25, 0.3) is 0 Å². The third kappa shape index (κ3) is 6.72. The maximum atomic E-state index is 11.6. The summed E-state index contributed by atoms with van der Waals surface area (Å²) in [6.45, 7) is 7.54. The zero-order valence-corrected chi connectivity index (χ0v) is 12.2. The molecule has 1 unspecified atom stereocenters. The highest BCUT2D eigenvalue weighted by molar-refractivity contribution is 5.82. The molecule has 1 aliphatic rings. The van der Waals surface area contributed by atoms with E-state index in [0.717, 1.165) is 45.6 Å². The number of carbonyl (C=O) groups is 2. The van der Waals surface area contributed by atoms with Gasteiger partial charge in [-0.3, -0.25) is 0 Å². The number of piperazine rings is 1. The lowest BCUT2D eigenvalue weighted by Crippen LogP contribution is -2.47. The lowest BCUT2D eigenvalue weighted by atomic mass is 10.2. The first-order chi connectivity index (χ1) is 9.63. The van der Waals surface area contributed by atoms with Gasteiger partial charge in [-0.15, -0.1) is 0 Å². The predicted molar refractivity (Wildman–Crippen MR) is 76.8 cm³/mol. The van der Waals surface area contributed by atoms with Crippen molar-refractivity contribution in [1.29, 1.82) is 0 Å². The average Bonchev–Trinajstić information content (AvgIpc) is 2.44. The van der Waals surface area contributed by atoms with Crippen molar-refractivity contribution in [2.75, 3.05) is 39.3 Å². The Hall–Kier alpha value is -1.34. The molecule has 7 heteroatoms. The summed E-state index contributed by atoms with van der Waals surface area (Å²) < 4.78 is 0. The Morgan fingerprint density at radius 3 is 2.65 bits per heavy atom. The number of carboxylic acid groups (broad SMARTS) is 1. The Kier molecular flexibility index (Phi) is 7.98. The first-order valence-corrected chi connectivity index (χ1v) is 7.33. The third-order valence-electron chi connectivity index (χ3n) is 3.33. The lowest BCUT2D eigenvalue weighted by molar-refractivity contribution is -0.139. The van der Waals surface area contributed by atoms with E-state index in [0.29, 0.717) is 13.0 Å². The number of amides is 2. The number of hydrogen-bond donors (Lipinski definition) is 4. The fourth-order valence-electron chi connectivity index (χ4n) is 2.19. The topological polar surface area (TPSA) is 93.7 Å². The first-order valence-electron chi connectivity index (χ1n) is 7.33. The van der Waals surface area contributed by atoms with Gasteiger partial charge in [-0.2, -0.15) is 0 Å². The smallest absolute Gasteiger partial charge is 0.326 e. The van der Waals surface area contributed by atoms with Crippen molar-refractivity contribution in [1.82, 2.24) is 20.9 Å². The number of nitrogens with zero attached hydrogens (tertiary/aromatic N) is 1. The summed E-state index contributed by atoms with van der Waals surface area (Å²) in [5.74, 6) is -0.984. The number of carbonyl (C=O) groups excluding carboxylic acids is 1.